The number of rotatable bonds is 5. The number of carbonyl (C=O) groups is 1. The highest BCUT2D eigenvalue weighted by Crippen LogP contribution is 2.48. The molecule has 5 heterocycles. The number of piperazine rings is 1. The summed E-state index contributed by atoms with van der Waals surface area (Å²) >= 11 is 3.35. The largest absolute Gasteiger partial charge is 0.490 e. The third kappa shape index (κ3) is 5.09. The molecule has 4 fully saturated rings. The number of halogens is 2. The predicted octanol–water partition coefficient (Wildman–Crippen LogP) is 4.37. The Morgan fingerprint density at radius 1 is 1.20 bits per heavy atom. The van der Waals surface area contributed by atoms with Crippen LogP contribution in [0.5, 0.6) is 11.8 Å². The fourth-order valence-electron chi connectivity index (χ4n) is 6.80. The minimum absolute atomic E-state index is 0.0365. The van der Waals surface area contributed by atoms with Gasteiger partial charge < -0.3 is 23.8 Å². The lowest BCUT2D eigenvalue weighted by Gasteiger charge is -2.46. The van der Waals surface area contributed by atoms with Crippen LogP contribution in [0.3, 0.4) is 0 Å². The maximum atomic E-state index is 15.6. The van der Waals surface area contributed by atoms with Gasteiger partial charge in [0.1, 0.15) is 29.3 Å². The van der Waals surface area contributed by atoms with Crippen LogP contribution < -0.4 is 14.4 Å². The molecule has 2 bridgehead atoms. The minimum atomic E-state index is -0.584. The molecule has 2 aromatic rings. The van der Waals surface area contributed by atoms with Gasteiger partial charge in [-0.15, -0.1) is 0 Å². The van der Waals surface area contributed by atoms with Crippen LogP contribution in [0.25, 0.3) is 10.9 Å². The Bertz CT molecular complexity index is 1360. The molecule has 1 aliphatic carbocycles. The summed E-state index contributed by atoms with van der Waals surface area (Å²) in [5, 5.41) is 0.542. The summed E-state index contributed by atoms with van der Waals surface area (Å²) in [5.41, 5.74) is -0.344. The van der Waals surface area contributed by atoms with Gasteiger partial charge in [-0.2, -0.15) is 9.97 Å². The van der Waals surface area contributed by atoms with Gasteiger partial charge in [-0.25, -0.2) is 9.18 Å². The second-order valence-electron chi connectivity index (χ2n) is 13.1. The number of fused-ring (bicyclic) bond motifs is 5. The van der Waals surface area contributed by atoms with Crippen molar-refractivity contribution in [1.29, 1.82) is 0 Å². The van der Waals surface area contributed by atoms with Crippen molar-refractivity contribution in [2.45, 2.75) is 70.2 Å². The zero-order valence-electron chi connectivity index (χ0n) is 23.8. The molecule has 1 aromatic heterocycles. The first-order valence-corrected chi connectivity index (χ1v) is 15.4. The van der Waals surface area contributed by atoms with E-state index in [2.05, 4.69) is 30.7 Å². The Kier molecular flexibility index (Phi) is 6.74. The molecular weight excluding hydrogens is 597 g/mol. The van der Waals surface area contributed by atoms with E-state index in [1.807, 2.05) is 25.7 Å². The van der Waals surface area contributed by atoms with Crippen LogP contribution in [-0.4, -0.2) is 102 Å². The molecule has 3 saturated heterocycles. The molecule has 1 aromatic carbocycles. The quantitative estimate of drug-likeness (QED) is 0.476. The average Bonchev–Trinajstić information content (AvgIpc) is 3.64. The van der Waals surface area contributed by atoms with Crippen LogP contribution in [0.1, 0.15) is 46.5 Å². The van der Waals surface area contributed by atoms with Gasteiger partial charge in [-0.05, 0) is 68.5 Å². The van der Waals surface area contributed by atoms with Crippen molar-refractivity contribution >= 4 is 38.7 Å². The Morgan fingerprint density at radius 2 is 1.98 bits per heavy atom. The molecule has 0 radical (unpaired) electrons. The number of amides is 1. The van der Waals surface area contributed by atoms with Gasteiger partial charge in [0.2, 0.25) is 0 Å². The molecule has 5 aliphatic rings. The molecule has 0 N–H and O–H groups in total. The molecule has 10 nitrogen and oxygen atoms in total. The molecule has 12 heteroatoms. The smallest absolute Gasteiger partial charge is 0.410 e. The third-order valence-corrected chi connectivity index (χ3v) is 9.58. The summed E-state index contributed by atoms with van der Waals surface area (Å²) in [6.45, 7) is 11.3. The van der Waals surface area contributed by atoms with Crippen LogP contribution >= 0.6 is 15.9 Å². The summed E-state index contributed by atoms with van der Waals surface area (Å²) < 4.78 is 39.7. The summed E-state index contributed by atoms with van der Waals surface area (Å²) in [4.78, 5) is 29.2. The summed E-state index contributed by atoms with van der Waals surface area (Å²) in [6.07, 6.45) is 3.57. The number of hydrogen-bond acceptors (Lipinski definition) is 9. The maximum absolute atomic E-state index is 15.6. The number of carbonyl (C=O) groups excluding carboxylic acids is 1. The van der Waals surface area contributed by atoms with E-state index < -0.39 is 11.4 Å². The van der Waals surface area contributed by atoms with Crippen molar-refractivity contribution in [3.8, 4) is 11.8 Å². The Balaban J connectivity index is 1.20. The van der Waals surface area contributed by atoms with Crippen LogP contribution in [0, 0.1) is 11.2 Å². The van der Waals surface area contributed by atoms with Gasteiger partial charge in [-0.1, -0.05) is 0 Å². The number of anilines is 1. The maximum Gasteiger partial charge on any atom is 0.410 e. The van der Waals surface area contributed by atoms with Crippen molar-refractivity contribution in [3.63, 3.8) is 0 Å². The molecule has 4 aliphatic heterocycles. The van der Waals surface area contributed by atoms with Gasteiger partial charge in [-0.3, -0.25) is 9.80 Å². The van der Waals surface area contributed by atoms with E-state index in [4.69, 9.17) is 23.9 Å². The van der Waals surface area contributed by atoms with E-state index in [1.165, 1.54) is 0 Å². The van der Waals surface area contributed by atoms with Crippen molar-refractivity contribution in [3.05, 3.63) is 16.4 Å². The number of morpholine rings is 1. The first-order chi connectivity index (χ1) is 19.6. The summed E-state index contributed by atoms with van der Waals surface area (Å²) in [5.74, 6) is 0.659. The molecule has 3 atom stereocenters. The zero-order chi connectivity index (χ0) is 28.5. The minimum Gasteiger partial charge on any atom is -0.490 e. The van der Waals surface area contributed by atoms with Gasteiger partial charge >= 0.3 is 12.1 Å². The molecule has 0 unspecified atom stereocenters. The highest BCUT2D eigenvalue weighted by Gasteiger charge is 2.52. The van der Waals surface area contributed by atoms with E-state index in [-0.39, 0.29) is 45.6 Å². The highest BCUT2D eigenvalue weighted by atomic mass is 79.9. The van der Waals surface area contributed by atoms with Crippen molar-refractivity contribution < 1.29 is 28.1 Å². The molecule has 1 amide bonds. The van der Waals surface area contributed by atoms with Crippen LogP contribution in [0.15, 0.2) is 10.5 Å². The number of benzene rings is 1. The second kappa shape index (κ2) is 10.1. The Labute approximate surface area is 247 Å². The van der Waals surface area contributed by atoms with E-state index in [0.717, 1.165) is 58.5 Å². The number of nitrogens with zero attached hydrogens (tertiary/aromatic N) is 5. The Morgan fingerprint density at radius 3 is 2.71 bits per heavy atom. The lowest BCUT2D eigenvalue weighted by Crippen LogP contribution is -2.63. The van der Waals surface area contributed by atoms with Gasteiger partial charge in [0.25, 0.3) is 0 Å². The van der Waals surface area contributed by atoms with Gasteiger partial charge in [0.05, 0.1) is 47.8 Å². The normalized spacial score (nSPS) is 26.8. The van der Waals surface area contributed by atoms with Crippen LogP contribution in [0.2, 0.25) is 0 Å². The molecule has 41 heavy (non-hydrogen) atoms. The summed E-state index contributed by atoms with van der Waals surface area (Å²) in [6, 6.07) is 1.51. The summed E-state index contributed by atoms with van der Waals surface area (Å²) in [7, 11) is 0. The fraction of sp³-hybridized carbons (Fsp3) is 0.690. The number of ether oxygens (including phenoxy) is 4. The first-order valence-electron chi connectivity index (χ1n) is 14.6. The SMILES string of the molecule is CC(C)(C)OC(=O)N1[C@@H]2CC[C@H]1[C@H]1COc3cc(Br)c(F)c4nc(OCC5(CN6CCOCC6)CC5)nc(c34)N1C2. The second-order valence-corrected chi connectivity index (χ2v) is 14.0. The lowest BCUT2D eigenvalue weighted by atomic mass is 10.0. The standard InChI is InChI=1S/C29H37BrFN5O5/c1-28(2,3)41-27(37)36-17-4-5-19(36)20-14-39-21-12-18(30)23(31)24-22(21)25(35(20)13-17)33-26(32-24)40-16-29(6-7-29)15-34-8-10-38-11-9-34/h12,17,19-20H,4-11,13-16H2,1-3H3/t17-,19+,20-/m1/s1. The number of aromatic nitrogens is 2. The first kappa shape index (κ1) is 27.4. The van der Waals surface area contributed by atoms with Crippen LogP contribution in [-0.2, 0) is 9.47 Å². The van der Waals surface area contributed by atoms with Crippen molar-refractivity contribution in [2.75, 3.05) is 57.5 Å². The molecule has 222 valence electrons. The zero-order valence-corrected chi connectivity index (χ0v) is 25.4. The van der Waals surface area contributed by atoms with E-state index in [1.54, 1.807) is 6.07 Å². The van der Waals surface area contributed by atoms with Gasteiger partial charge in [0, 0.05) is 31.6 Å². The van der Waals surface area contributed by atoms with E-state index >= 15 is 4.39 Å². The van der Waals surface area contributed by atoms with Crippen molar-refractivity contribution in [1.82, 2.24) is 19.8 Å². The van der Waals surface area contributed by atoms with E-state index in [0.29, 0.717) is 36.7 Å². The fourth-order valence-corrected chi connectivity index (χ4v) is 7.19. The topological polar surface area (TPSA) is 89.5 Å². The Hall–Kier alpha value is -2.44. The van der Waals surface area contributed by atoms with Crippen molar-refractivity contribution in [2.24, 2.45) is 5.41 Å². The average molecular weight is 635 g/mol. The molecule has 0 spiro atoms. The third-order valence-electron chi connectivity index (χ3n) is 9.00. The van der Waals surface area contributed by atoms with Gasteiger partial charge in [0.15, 0.2) is 5.82 Å². The van der Waals surface area contributed by atoms with E-state index in [9.17, 15) is 4.79 Å². The molecular formula is C29H37BrFN5O5. The lowest BCUT2D eigenvalue weighted by molar-refractivity contribution is 0.00545. The highest BCUT2D eigenvalue weighted by molar-refractivity contribution is 9.10. The predicted molar refractivity (Wildman–Crippen MR) is 153 cm³/mol. The monoisotopic (exact) mass is 633 g/mol. The molecule has 1 saturated carbocycles. The number of hydrogen-bond donors (Lipinski definition) is 0. The molecule has 7 rings (SSSR count). The van der Waals surface area contributed by atoms with Crippen LogP contribution in [0.4, 0.5) is 15.0 Å².